The zero-order chi connectivity index (χ0) is 10.4. The van der Waals surface area contributed by atoms with Crippen molar-refractivity contribution in [3.05, 3.63) is 28.7 Å². The fourth-order valence-corrected chi connectivity index (χ4v) is 2.05. The summed E-state index contributed by atoms with van der Waals surface area (Å²) in [6.45, 7) is 9.31. The highest BCUT2D eigenvalue weighted by Crippen LogP contribution is 2.24. The van der Waals surface area contributed by atoms with E-state index in [1.165, 1.54) is 10.5 Å². The van der Waals surface area contributed by atoms with Crippen molar-refractivity contribution < 1.29 is 0 Å². The molecule has 78 valence electrons. The summed E-state index contributed by atoms with van der Waals surface area (Å²) in [4.78, 5) is 5.41. The van der Waals surface area contributed by atoms with E-state index in [4.69, 9.17) is 0 Å². The molecule has 0 aliphatic carbocycles. The number of nitrogens with zero attached hydrogens (tertiary/aromatic N) is 1. The molecular weight excluding hydrogens is 192 g/mol. The van der Waals surface area contributed by atoms with Gasteiger partial charge >= 0.3 is 0 Å². The van der Waals surface area contributed by atoms with Crippen molar-refractivity contribution in [1.29, 1.82) is 0 Å². The van der Waals surface area contributed by atoms with E-state index in [0.29, 0.717) is 6.04 Å². The minimum Gasteiger partial charge on any atom is -0.309 e. The molecule has 1 unspecified atom stereocenters. The van der Waals surface area contributed by atoms with Crippen molar-refractivity contribution in [3.8, 4) is 0 Å². The third kappa shape index (κ3) is 3.24. The number of hydrogen-bond donors (Lipinski definition) is 1. The average molecular weight is 210 g/mol. The number of rotatable bonds is 6. The standard InChI is InChI=1S/C11H18N2S/c1-4-9(3)6-10(13-5-2)11-7-12-8-14-11/h7-8,10,13H,3-6H2,1-2H3. The van der Waals surface area contributed by atoms with Crippen LogP contribution in [0.1, 0.15) is 37.6 Å². The molecule has 1 aromatic rings. The van der Waals surface area contributed by atoms with Gasteiger partial charge in [0.1, 0.15) is 0 Å². The SMILES string of the molecule is C=C(CC)CC(NCC)c1cncs1. The van der Waals surface area contributed by atoms with Crippen LogP contribution in [0.15, 0.2) is 23.9 Å². The minimum atomic E-state index is 0.403. The van der Waals surface area contributed by atoms with Crippen LogP contribution in [0.2, 0.25) is 0 Å². The van der Waals surface area contributed by atoms with Gasteiger partial charge in [-0.15, -0.1) is 11.3 Å². The molecule has 0 fully saturated rings. The molecule has 0 aliphatic heterocycles. The molecule has 14 heavy (non-hydrogen) atoms. The van der Waals surface area contributed by atoms with E-state index >= 15 is 0 Å². The second-order valence-electron chi connectivity index (χ2n) is 3.32. The van der Waals surface area contributed by atoms with Crippen LogP contribution in [0, 0.1) is 0 Å². The Morgan fingerprint density at radius 1 is 1.64 bits per heavy atom. The number of hydrogen-bond acceptors (Lipinski definition) is 3. The summed E-state index contributed by atoms with van der Waals surface area (Å²) >= 11 is 1.71. The van der Waals surface area contributed by atoms with Crippen molar-refractivity contribution in [2.45, 2.75) is 32.7 Å². The van der Waals surface area contributed by atoms with Crippen molar-refractivity contribution in [2.75, 3.05) is 6.54 Å². The molecule has 0 bridgehead atoms. The van der Waals surface area contributed by atoms with Gasteiger partial charge < -0.3 is 5.32 Å². The van der Waals surface area contributed by atoms with E-state index in [1.54, 1.807) is 11.3 Å². The topological polar surface area (TPSA) is 24.9 Å². The van der Waals surface area contributed by atoms with Crippen LogP contribution in [-0.4, -0.2) is 11.5 Å². The average Bonchev–Trinajstić information content (AvgIpc) is 2.69. The van der Waals surface area contributed by atoms with Crippen LogP contribution in [0.3, 0.4) is 0 Å². The number of thiazole rings is 1. The summed E-state index contributed by atoms with van der Waals surface area (Å²) < 4.78 is 0. The van der Waals surface area contributed by atoms with Gasteiger partial charge in [-0.3, -0.25) is 4.98 Å². The van der Waals surface area contributed by atoms with Gasteiger partial charge in [-0.25, -0.2) is 0 Å². The summed E-state index contributed by atoms with van der Waals surface area (Å²) in [6.07, 6.45) is 4.02. The molecule has 1 aromatic heterocycles. The second kappa shape index (κ2) is 5.94. The monoisotopic (exact) mass is 210 g/mol. The first-order chi connectivity index (χ1) is 6.77. The van der Waals surface area contributed by atoms with Crippen LogP contribution in [0.5, 0.6) is 0 Å². The lowest BCUT2D eigenvalue weighted by atomic mass is 10.0. The Kier molecular flexibility index (Phi) is 4.84. The van der Waals surface area contributed by atoms with Gasteiger partial charge in [-0.2, -0.15) is 0 Å². The molecule has 1 N–H and O–H groups in total. The van der Waals surface area contributed by atoms with Gasteiger partial charge in [0.15, 0.2) is 0 Å². The summed E-state index contributed by atoms with van der Waals surface area (Å²) in [7, 11) is 0. The van der Waals surface area contributed by atoms with Gasteiger partial charge in [0.05, 0.1) is 5.51 Å². The van der Waals surface area contributed by atoms with E-state index < -0.39 is 0 Å². The molecule has 1 rings (SSSR count). The fourth-order valence-electron chi connectivity index (χ4n) is 1.35. The molecule has 1 atom stereocenters. The molecule has 2 nitrogen and oxygen atoms in total. The van der Waals surface area contributed by atoms with Crippen LogP contribution >= 0.6 is 11.3 Å². The maximum absolute atomic E-state index is 4.11. The Balaban J connectivity index is 2.60. The first-order valence-electron chi connectivity index (χ1n) is 5.06. The zero-order valence-corrected chi connectivity index (χ0v) is 9.73. The van der Waals surface area contributed by atoms with E-state index in [2.05, 4.69) is 30.7 Å². The summed E-state index contributed by atoms with van der Waals surface area (Å²) in [5, 5.41) is 3.46. The molecule has 0 aliphatic rings. The Morgan fingerprint density at radius 3 is 2.93 bits per heavy atom. The van der Waals surface area contributed by atoms with Crippen LogP contribution in [-0.2, 0) is 0 Å². The lowest BCUT2D eigenvalue weighted by molar-refractivity contribution is 0.550. The van der Waals surface area contributed by atoms with E-state index in [1.807, 2.05) is 11.7 Å². The highest BCUT2D eigenvalue weighted by atomic mass is 32.1. The van der Waals surface area contributed by atoms with Crippen LogP contribution < -0.4 is 5.32 Å². The van der Waals surface area contributed by atoms with E-state index in [0.717, 1.165) is 19.4 Å². The van der Waals surface area contributed by atoms with Crippen molar-refractivity contribution in [1.82, 2.24) is 10.3 Å². The molecule has 0 aromatic carbocycles. The first-order valence-corrected chi connectivity index (χ1v) is 5.94. The Morgan fingerprint density at radius 2 is 2.43 bits per heavy atom. The highest BCUT2D eigenvalue weighted by Gasteiger charge is 2.12. The molecular formula is C11H18N2S. The molecule has 0 amide bonds. The third-order valence-electron chi connectivity index (χ3n) is 2.24. The second-order valence-corrected chi connectivity index (χ2v) is 4.24. The third-order valence-corrected chi connectivity index (χ3v) is 3.13. The molecule has 0 spiro atoms. The largest absolute Gasteiger partial charge is 0.309 e. The lowest BCUT2D eigenvalue weighted by Gasteiger charge is -2.16. The van der Waals surface area contributed by atoms with Crippen molar-refractivity contribution >= 4 is 11.3 Å². The summed E-state index contributed by atoms with van der Waals surface area (Å²) in [5.41, 5.74) is 3.18. The zero-order valence-electron chi connectivity index (χ0n) is 8.92. The maximum atomic E-state index is 4.11. The number of nitrogens with one attached hydrogen (secondary N) is 1. The van der Waals surface area contributed by atoms with Gasteiger partial charge in [0.25, 0.3) is 0 Å². The van der Waals surface area contributed by atoms with Crippen LogP contribution in [0.25, 0.3) is 0 Å². The minimum absolute atomic E-state index is 0.403. The van der Waals surface area contributed by atoms with Crippen LogP contribution in [0.4, 0.5) is 0 Å². The quantitative estimate of drug-likeness (QED) is 0.730. The molecule has 0 saturated carbocycles. The molecule has 1 heterocycles. The fraction of sp³-hybridized carbons (Fsp3) is 0.545. The number of aromatic nitrogens is 1. The van der Waals surface area contributed by atoms with Gasteiger partial charge in [-0.05, 0) is 19.4 Å². The predicted octanol–water partition coefficient (Wildman–Crippen LogP) is 3.15. The predicted molar refractivity (Wildman–Crippen MR) is 62.6 cm³/mol. The summed E-state index contributed by atoms with van der Waals surface area (Å²) in [6, 6.07) is 0.403. The van der Waals surface area contributed by atoms with Crippen molar-refractivity contribution in [3.63, 3.8) is 0 Å². The van der Waals surface area contributed by atoms with E-state index in [-0.39, 0.29) is 0 Å². The Labute approximate surface area is 90.1 Å². The molecule has 0 radical (unpaired) electrons. The first kappa shape index (κ1) is 11.4. The lowest BCUT2D eigenvalue weighted by Crippen LogP contribution is -2.20. The smallest absolute Gasteiger partial charge is 0.0794 e. The van der Waals surface area contributed by atoms with E-state index in [9.17, 15) is 0 Å². The molecule has 3 heteroatoms. The molecule has 0 saturated heterocycles. The van der Waals surface area contributed by atoms with Crippen molar-refractivity contribution in [2.24, 2.45) is 0 Å². The summed E-state index contributed by atoms with van der Waals surface area (Å²) in [5.74, 6) is 0. The maximum Gasteiger partial charge on any atom is 0.0794 e. The normalized spacial score (nSPS) is 12.7. The highest BCUT2D eigenvalue weighted by molar-refractivity contribution is 7.09. The Bertz CT molecular complexity index is 267. The van der Waals surface area contributed by atoms with Gasteiger partial charge in [0, 0.05) is 17.1 Å². The van der Waals surface area contributed by atoms with Gasteiger partial charge in [0.2, 0.25) is 0 Å². The Hall–Kier alpha value is -0.670. The van der Waals surface area contributed by atoms with Gasteiger partial charge in [-0.1, -0.05) is 26.0 Å².